The van der Waals surface area contributed by atoms with Crippen LogP contribution in [0.5, 0.6) is 0 Å². The van der Waals surface area contributed by atoms with Gasteiger partial charge in [-0.05, 0) is 12.8 Å². The van der Waals surface area contributed by atoms with Crippen molar-refractivity contribution in [3.63, 3.8) is 0 Å². The number of nitrogens with zero attached hydrogens (tertiary/aromatic N) is 1. The maximum atomic E-state index is 5.69. The highest BCUT2D eigenvalue weighted by atomic mass is 32.1. The molecule has 0 bridgehead atoms. The van der Waals surface area contributed by atoms with Gasteiger partial charge in [-0.1, -0.05) is 19.3 Å². The molecular weight excluding hydrogens is 182 g/mol. The maximum Gasteiger partial charge on any atom is 0.103 e. The van der Waals surface area contributed by atoms with E-state index < -0.39 is 0 Å². The van der Waals surface area contributed by atoms with E-state index >= 15 is 0 Å². The quantitative estimate of drug-likeness (QED) is 0.727. The van der Waals surface area contributed by atoms with E-state index in [1.54, 1.807) is 11.3 Å². The minimum Gasteiger partial charge on any atom is -0.373 e. The smallest absolute Gasteiger partial charge is 0.103 e. The summed E-state index contributed by atoms with van der Waals surface area (Å²) in [5.41, 5.74) is 1.89. The van der Waals surface area contributed by atoms with Crippen LogP contribution >= 0.6 is 11.3 Å². The van der Waals surface area contributed by atoms with Crippen molar-refractivity contribution in [3.05, 3.63) is 16.6 Å². The van der Waals surface area contributed by atoms with Crippen molar-refractivity contribution in [3.8, 4) is 0 Å². The molecule has 0 atom stereocenters. The molecule has 0 radical (unpaired) electrons. The van der Waals surface area contributed by atoms with Gasteiger partial charge in [-0.15, -0.1) is 11.3 Å². The lowest BCUT2D eigenvalue weighted by Gasteiger charge is -2.34. The van der Waals surface area contributed by atoms with E-state index in [0.29, 0.717) is 0 Å². The largest absolute Gasteiger partial charge is 0.373 e. The van der Waals surface area contributed by atoms with Crippen LogP contribution < -0.4 is 0 Å². The van der Waals surface area contributed by atoms with Gasteiger partial charge in [0.15, 0.2) is 0 Å². The van der Waals surface area contributed by atoms with Crippen molar-refractivity contribution in [2.24, 2.45) is 0 Å². The molecule has 0 aliphatic heterocycles. The van der Waals surface area contributed by atoms with Gasteiger partial charge >= 0.3 is 0 Å². The molecule has 1 aliphatic rings. The Morgan fingerprint density at radius 3 is 2.69 bits per heavy atom. The molecule has 2 rings (SSSR count). The Bertz CT molecular complexity index is 252. The van der Waals surface area contributed by atoms with E-state index in [1.165, 1.54) is 24.1 Å². The summed E-state index contributed by atoms with van der Waals surface area (Å²) < 4.78 is 5.69. The first-order valence-corrected chi connectivity index (χ1v) is 5.69. The molecule has 1 heterocycles. The van der Waals surface area contributed by atoms with Crippen LogP contribution in [0.3, 0.4) is 0 Å². The number of rotatable bonds is 2. The first-order valence-electron chi connectivity index (χ1n) is 4.81. The summed E-state index contributed by atoms with van der Waals surface area (Å²) in [6.07, 6.45) is 8.19. The Hall–Kier alpha value is -0.410. The second-order valence-electron chi connectivity index (χ2n) is 3.62. The molecule has 3 heteroatoms. The molecule has 0 saturated heterocycles. The standard InChI is InChI=1S/C10H15NOS/c1-12-10(5-3-2-4-6-10)9-7-11-8-13-9/h7-8H,2-6H2,1H3. The molecule has 0 unspecified atom stereocenters. The van der Waals surface area contributed by atoms with Crippen LogP contribution in [-0.2, 0) is 10.3 Å². The zero-order valence-corrected chi connectivity index (χ0v) is 8.77. The van der Waals surface area contributed by atoms with Crippen molar-refractivity contribution >= 4 is 11.3 Å². The van der Waals surface area contributed by atoms with Crippen molar-refractivity contribution in [1.82, 2.24) is 4.98 Å². The number of thiazole rings is 1. The lowest BCUT2D eigenvalue weighted by atomic mass is 9.84. The van der Waals surface area contributed by atoms with Crippen LogP contribution in [0.15, 0.2) is 11.7 Å². The highest BCUT2D eigenvalue weighted by Gasteiger charge is 2.34. The van der Waals surface area contributed by atoms with Crippen LogP contribution in [0.1, 0.15) is 37.0 Å². The SMILES string of the molecule is COC1(c2cncs2)CCCCC1. The highest BCUT2D eigenvalue weighted by Crippen LogP contribution is 2.41. The van der Waals surface area contributed by atoms with Gasteiger partial charge in [-0.2, -0.15) is 0 Å². The summed E-state index contributed by atoms with van der Waals surface area (Å²) in [7, 11) is 1.82. The molecule has 0 spiro atoms. The third-order valence-corrected chi connectivity index (χ3v) is 3.89. The Morgan fingerprint density at radius 2 is 2.15 bits per heavy atom. The average Bonchev–Trinajstić information content (AvgIpc) is 2.72. The molecule has 1 fully saturated rings. The van der Waals surface area contributed by atoms with Crippen molar-refractivity contribution in [2.75, 3.05) is 7.11 Å². The van der Waals surface area contributed by atoms with Gasteiger partial charge in [-0.25, -0.2) is 0 Å². The predicted octanol–water partition coefficient (Wildman–Crippen LogP) is 2.95. The fourth-order valence-electron chi connectivity index (χ4n) is 2.11. The van der Waals surface area contributed by atoms with E-state index in [2.05, 4.69) is 4.98 Å². The topological polar surface area (TPSA) is 22.1 Å². The van der Waals surface area contributed by atoms with Crippen LogP contribution in [0, 0.1) is 0 Å². The summed E-state index contributed by atoms with van der Waals surface area (Å²) in [5, 5.41) is 0. The fraction of sp³-hybridized carbons (Fsp3) is 0.700. The molecular formula is C10H15NOS. The Labute approximate surface area is 83.0 Å². The lowest BCUT2D eigenvalue weighted by molar-refractivity contribution is -0.0417. The third-order valence-electron chi connectivity index (χ3n) is 2.93. The maximum absolute atomic E-state index is 5.69. The number of ether oxygens (including phenoxy) is 1. The highest BCUT2D eigenvalue weighted by molar-refractivity contribution is 7.09. The second kappa shape index (κ2) is 3.76. The molecule has 2 nitrogen and oxygen atoms in total. The molecule has 1 aliphatic carbocycles. The summed E-state index contributed by atoms with van der Waals surface area (Å²) in [6, 6.07) is 0. The van der Waals surface area contributed by atoms with Gasteiger partial charge in [-0.3, -0.25) is 4.98 Å². The normalized spacial score (nSPS) is 21.6. The summed E-state index contributed by atoms with van der Waals surface area (Å²) in [4.78, 5) is 5.43. The molecule has 0 amide bonds. The summed E-state index contributed by atoms with van der Waals surface area (Å²) in [6.45, 7) is 0. The Morgan fingerprint density at radius 1 is 1.38 bits per heavy atom. The van der Waals surface area contributed by atoms with Gasteiger partial charge in [0, 0.05) is 13.3 Å². The van der Waals surface area contributed by atoms with E-state index in [-0.39, 0.29) is 5.60 Å². The van der Waals surface area contributed by atoms with Gasteiger partial charge in [0.05, 0.1) is 10.4 Å². The van der Waals surface area contributed by atoms with Gasteiger partial charge in [0.2, 0.25) is 0 Å². The summed E-state index contributed by atoms with van der Waals surface area (Å²) >= 11 is 1.72. The van der Waals surface area contributed by atoms with Crippen LogP contribution in [0.25, 0.3) is 0 Å². The molecule has 0 aromatic carbocycles. The van der Waals surface area contributed by atoms with Gasteiger partial charge < -0.3 is 4.74 Å². The second-order valence-corrected chi connectivity index (χ2v) is 4.51. The lowest BCUT2D eigenvalue weighted by Crippen LogP contribution is -2.29. The minimum absolute atomic E-state index is 0.000579. The van der Waals surface area contributed by atoms with Crippen LogP contribution in [0.2, 0.25) is 0 Å². The van der Waals surface area contributed by atoms with Gasteiger partial charge in [0.25, 0.3) is 0 Å². The predicted molar refractivity (Wildman–Crippen MR) is 53.9 cm³/mol. The van der Waals surface area contributed by atoms with Crippen LogP contribution in [0.4, 0.5) is 0 Å². The van der Waals surface area contributed by atoms with Crippen molar-refractivity contribution < 1.29 is 4.74 Å². The Balaban J connectivity index is 2.23. The molecule has 0 N–H and O–H groups in total. The number of hydrogen-bond acceptors (Lipinski definition) is 3. The zero-order chi connectivity index (χ0) is 9.15. The summed E-state index contributed by atoms with van der Waals surface area (Å²) in [5.74, 6) is 0. The van der Waals surface area contributed by atoms with Gasteiger partial charge in [0.1, 0.15) is 5.60 Å². The first kappa shape index (κ1) is 9.16. The first-order chi connectivity index (χ1) is 6.37. The molecule has 72 valence electrons. The number of aromatic nitrogens is 1. The molecule has 1 saturated carbocycles. The monoisotopic (exact) mass is 197 g/mol. The molecule has 13 heavy (non-hydrogen) atoms. The molecule has 1 aromatic rings. The van der Waals surface area contributed by atoms with Crippen molar-refractivity contribution in [1.29, 1.82) is 0 Å². The molecule has 1 aromatic heterocycles. The van der Waals surface area contributed by atoms with E-state index in [0.717, 1.165) is 12.8 Å². The van der Waals surface area contributed by atoms with E-state index in [4.69, 9.17) is 4.74 Å². The average molecular weight is 197 g/mol. The zero-order valence-electron chi connectivity index (χ0n) is 7.95. The Kier molecular flexibility index (Phi) is 2.65. The fourth-order valence-corrected chi connectivity index (χ4v) is 2.97. The van der Waals surface area contributed by atoms with E-state index in [1.807, 2.05) is 18.8 Å². The number of hydrogen-bond donors (Lipinski definition) is 0. The van der Waals surface area contributed by atoms with Crippen molar-refractivity contribution in [2.45, 2.75) is 37.7 Å². The third kappa shape index (κ3) is 1.63. The minimum atomic E-state index is -0.000579. The van der Waals surface area contributed by atoms with Crippen LogP contribution in [-0.4, -0.2) is 12.1 Å². The number of methoxy groups -OCH3 is 1. The van der Waals surface area contributed by atoms with E-state index in [9.17, 15) is 0 Å².